The molecule has 334 valence electrons. The molecule has 9 nitrogen and oxygen atoms in total. The van der Waals surface area contributed by atoms with Crippen LogP contribution in [0.4, 0.5) is 0 Å². The molecule has 2 atom stereocenters. The van der Waals surface area contributed by atoms with E-state index in [1.165, 1.54) is 186 Å². The molecule has 0 aromatic rings. The summed E-state index contributed by atoms with van der Waals surface area (Å²) < 4.78 is 32.8. The highest BCUT2D eigenvalue weighted by molar-refractivity contribution is 7.47. The molecule has 0 aliphatic carbocycles. The van der Waals surface area contributed by atoms with Gasteiger partial charge in [0.2, 0.25) is 0 Å². The van der Waals surface area contributed by atoms with Gasteiger partial charge in [-0.1, -0.05) is 226 Å². The fraction of sp³-hybridized carbons (Fsp3) is 0.957. The predicted molar refractivity (Wildman–Crippen MR) is 234 cm³/mol. The number of carbonyl (C=O) groups excluding carboxylic acids is 2. The first-order valence-electron chi connectivity index (χ1n) is 24.0. The lowest BCUT2D eigenvalue weighted by molar-refractivity contribution is -0.161. The fourth-order valence-electron chi connectivity index (χ4n) is 7.17. The Kier molecular flexibility index (Phi) is 42.8. The number of hydrogen-bond acceptors (Lipinski definition) is 8. The Morgan fingerprint density at radius 1 is 0.464 bits per heavy atom. The van der Waals surface area contributed by atoms with Crippen LogP contribution in [0.3, 0.4) is 0 Å². The Hall–Kier alpha value is -0.990. The molecule has 0 aliphatic rings. The Balaban J connectivity index is 3.87. The second-order valence-electron chi connectivity index (χ2n) is 16.3. The molecule has 0 saturated heterocycles. The third kappa shape index (κ3) is 42.6. The summed E-state index contributed by atoms with van der Waals surface area (Å²) in [4.78, 5) is 34.8. The minimum atomic E-state index is -4.37. The van der Waals surface area contributed by atoms with E-state index in [4.69, 9.17) is 24.3 Å². The van der Waals surface area contributed by atoms with E-state index in [1.807, 2.05) is 0 Å². The minimum absolute atomic E-state index is 0.0580. The highest BCUT2D eigenvalue weighted by atomic mass is 31.2. The van der Waals surface area contributed by atoms with Crippen LogP contribution in [0, 0.1) is 0 Å². The summed E-state index contributed by atoms with van der Waals surface area (Å²) >= 11 is 0. The van der Waals surface area contributed by atoms with Gasteiger partial charge < -0.3 is 20.1 Å². The summed E-state index contributed by atoms with van der Waals surface area (Å²) in [6, 6.07) is 0. The predicted octanol–water partition coefficient (Wildman–Crippen LogP) is 14.0. The number of ether oxygens (including phenoxy) is 2. The monoisotopic (exact) mass is 818 g/mol. The number of nitrogens with two attached hydrogens (primary N) is 1. The number of esters is 2. The SMILES string of the molecule is CCCCCCCCCCCCCCCCCCCCCCCCCCCCC(=O)OC(COC(=O)CCCCCCCCCCC)COP(=O)(O)OCCN. The van der Waals surface area contributed by atoms with E-state index >= 15 is 0 Å². The van der Waals surface area contributed by atoms with E-state index in [1.54, 1.807) is 0 Å². The summed E-state index contributed by atoms with van der Waals surface area (Å²) in [5, 5.41) is 0. The van der Waals surface area contributed by atoms with Gasteiger partial charge in [-0.05, 0) is 12.8 Å². The quantitative estimate of drug-likeness (QED) is 0.0350. The van der Waals surface area contributed by atoms with Crippen molar-refractivity contribution in [3.8, 4) is 0 Å². The first kappa shape index (κ1) is 55.0. The number of phosphoric ester groups is 1. The Morgan fingerprint density at radius 3 is 1.09 bits per heavy atom. The maximum absolute atomic E-state index is 12.6. The van der Waals surface area contributed by atoms with E-state index in [-0.39, 0.29) is 38.6 Å². The molecule has 0 aliphatic heterocycles. The minimum Gasteiger partial charge on any atom is -0.462 e. The molecule has 0 aromatic heterocycles. The summed E-state index contributed by atoms with van der Waals surface area (Å²) in [5.41, 5.74) is 5.35. The second kappa shape index (κ2) is 43.6. The average molecular weight is 818 g/mol. The molecule has 0 radical (unpaired) electrons. The second-order valence-corrected chi connectivity index (χ2v) is 17.8. The number of unbranched alkanes of at least 4 members (excludes halogenated alkanes) is 33. The van der Waals surface area contributed by atoms with Crippen LogP contribution in [0.1, 0.15) is 251 Å². The molecule has 0 amide bonds. The first-order chi connectivity index (χ1) is 27.3. The maximum Gasteiger partial charge on any atom is 0.472 e. The van der Waals surface area contributed by atoms with Crippen LogP contribution in [0.15, 0.2) is 0 Å². The molecule has 10 heteroatoms. The van der Waals surface area contributed by atoms with Gasteiger partial charge in [0.1, 0.15) is 6.61 Å². The molecule has 0 spiro atoms. The van der Waals surface area contributed by atoms with E-state index in [9.17, 15) is 19.0 Å². The van der Waals surface area contributed by atoms with E-state index in [2.05, 4.69) is 13.8 Å². The number of rotatable bonds is 46. The Labute approximate surface area is 346 Å². The Morgan fingerprint density at radius 2 is 0.768 bits per heavy atom. The van der Waals surface area contributed by atoms with Gasteiger partial charge in [-0.2, -0.15) is 0 Å². The molecule has 0 rings (SSSR count). The smallest absolute Gasteiger partial charge is 0.462 e. The normalized spacial score (nSPS) is 13.1. The summed E-state index contributed by atoms with van der Waals surface area (Å²) in [6.07, 6.45) is 44.5. The first-order valence-corrected chi connectivity index (χ1v) is 25.5. The average Bonchev–Trinajstić information content (AvgIpc) is 3.18. The molecule has 56 heavy (non-hydrogen) atoms. The van der Waals surface area contributed by atoms with Gasteiger partial charge in [0, 0.05) is 19.4 Å². The van der Waals surface area contributed by atoms with Crippen LogP contribution in [0.25, 0.3) is 0 Å². The largest absolute Gasteiger partial charge is 0.472 e. The van der Waals surface area contributed by atoms with Crippen LogP contribution in [0.5, 0.6) is 0 Å². The summed E-state index contributed by atoms with van der Waals surface area (Å²) in [5.74, 6) is -0.815. The van der Waals surface area contributed by atoms with Gasteiger partial charge in [-0.15, -0.1) is 0 Å². The van der Waals surface area contributed by atoms with Crippen LogP contribution in [0.2, 0.25) is 0 Å². The van der Waals surface area contributed by atoms with Gasteiger partial charge in [0.05, 0.1) is 13.2 Å². The van der Waals surface area contributed by atoms with Crippen molar-refractivity contribution in [2.24, 2.45) is 5.73 Å². The zero-order valence-corrected chi connectivity index (χ0v) is 37.8. The van der Waals surface area contributed by atoms with E-state index in [0.29, 0.717) is 6.42 Å². The molecule has 2 unspecified atom stereocenters. The van der Waals surface area contributed by atoms with Crippen molar-refractivity contribution in [2.75, 3.05) is 26.4 Å². The van der Waals surface area contributed by atoms with Crippen LogP contribution >= 0.6 is 7.82 Å². The lowest BCUT2D eigenvalue weighted by Gasteiger charge is -2.19. The molecule has 0 aromatic carbocycles. The number of hydrogen-bond donors (Lipinski definition) is 2. The highest BCUT2D eigenvalue weighted by Gasteiger charge is 2.26. The van der Waals surface area contributed by atoms with E-state index in [0.717, 1.165) is 32.1 Å². The lowest BCUT2D eigenvalue weighted by Crippen LogP contribution is -2.29. The van der Waals surface area contributed by atoms with Crippen molar-refractivity contribution >= 4 is 19.8 Å². The van der Waals surface area contributed by atoms with Crippen molar-refractivity contribution in [1.82, 2.24) is 0 Å². The van der Waals surface area contributed by atoms with E-state index < -0.39 is 26.5 Å². The third-order valence-electron chi connectivity index (χ3n) is 10.7. The number of phosphoric acid groups is 1. The molecule has 0 fully saturated rings. The maximum atomic E-state index is 12.6. The highest BCUT2D eigenvalue weighted by Crippen LogP contribution is 2.43. The van der Waals surface area contributed by atoms with Gasteiger partial charge in [-0.3, -0.25) is 18.6 Å². The van der Waals surface area contributed by atoms with Gasteiger partial charge in [0.15, 0.2) is 6.10 Å². The van der Waals surface area contributed by atoms with Crippen molar-refractivity contribution in [3.05, 3.63) is 0 Å². The summed E-state index contributed by atoms with van der Waals surface area (Å²) in [6.45, 7) is 3.75. The van der Waals surface area contributed by atoms with Crippen molar-refractivity contribution < 1.29 is 37.6 Å². The third-order valence-corrected chi connectivity index (χ3v) is 11.7. The van der Waals surface area contributed by atoms with Crippen LogP contribution in [-0.2, 0) is 32.7 Å². The molecular weight excluding hydrogens is 725 g/mol. The van der Waals surface area contributed by atoms with Gasteiger partial charge in [0.25, 0.3) is 0 Å². The molecule has 0 saturated carbocycles. The molecule has 0 bridgehead atoms. The van der Waals surface area contributed by atoms with Gasteiger partial charge >= 0.3 is 19.8 Å². The standard InChI is InChI=1S/C46H92NO8P/c1-3-5-7-9-11-13-14-15-16-17-18-19-20-21-22-23-24-25-26-27-28-29-31-33-35-37-39-46(49)55-44(43-54-56(50,51)53-41-40-47)42-52-45(48)38-36-34-32-30-12-10-8-6-4-2/h44H,3-43,47H2,1-2H3,(H,50,51). The lowest BCUT2D eigenvalue weighted by atomic mass is 10.0. The van der Waals surface area contributed by atoms with Gasteiger partial charge in [-0.25, -0.2) is 4.57 Å². The number of carbonyl (C=O) groups is 2. The van der Waals surface area contributed by atoms with Crippen LogP contribution in [-0.4, -0.2) is 49.3 Å². The van der Waals surface area contributed by atoms with Crippen LogP contribution < -0.4 is 5.73 Å². The summed E-state index contributed by atoms with van der Waals surface area (Å²) in [7, 11) is -4.37. The van der Waals surface area contributed by atoms with Crippen molar-refractivity contribution in [1.29, 1.82) is 0 Å². The van der Waals surface area contributed by atoms with Crippen molar-refractivity contribution in [2.45, 2.75) is 258 Å². The zero-order chi connectivity index (χ0) is 41.1. The van der Waals surface area contributed by atoms with Crippen molar-refractivity contribution in [3.63, 3.8) is 0 Å². The zero-order valence-electron chi connectivity index (χ0n) is 36.9. The topological polar surface area (TPSA) is 134 Å². The fourth-order valence-corrected chi connectivity index (χ4v) is 7.93. The molecule has 3 N–H and O–H groups in total. The Bertz CT molecular complexity index is 891. The molecule has 0 heterocycles. The molecular formula is C46H92NO8P.